The Labute approximate surface area is 178 Å². The van der Waals surface area contributed by atoms with Gasteiger partial charge in [-0.3, -0.25) is 14.4 Å². The molecule has 150 valence electrons. The lowest BCUT2D eigenvalue weighted by molar-refractivity contribution is -0.126. The molecule has 7 heteroatoms. The van der Waals surface area contributed by atoms with E-state index in [1.165, 1.54) is 0 Å². The van der Waals surface area contributed by atoms with Crippen molar-refractivity contribution in [2.75, 3.05) is 22.9 Å². The van der Waals surface area contributed by atoms with Gasteiger partial charge in [0.2, 0.25) is 17.7 Å². The van der Waals surface area contributed by atoms with Crippen LogP contribution in [0.4, 0.5) is 11.4 Å². The van der Waals surface area contributed by atoms with Crippen LogP contribution in [0.3, 0.4) is 0 Å². The lowest BCUT2D eigenvalue weighted by Gasteiger charge is -2.17. The molecule has 1 atom stereocenters. The minimum Gasteiger partial charge on any atom is -0.352 e. The molecule has 0 bridgehead atoms. The largest absolute Gasteiger partial charge is 0.352 e. The van der Waals surface area contributed by atoms with Gasteiger partial charge >= 0.3 is 0 Å². The molecule has 0 radical (unpaired) electrons. The lowest BCUT2D eigenvalue weighted by Crippen LogP contribution is -2.32. The van der Waals surface area contributed by atoms with E-state index >= 15 is 0 Å². The molecular formula is C22H22BrN3O3. The summed E-state index contributed by atoms with van der Waals surface area (Å²) in [6.07, 6.45) is 1.72. The fourth-order valence-corrected chi connectivity index (χ4v) is 4.07. The number of hydrogen-bond donors (Lipinski definition) is 1. The maximum atomic E-state index is 12.6. The summed E-state index contributed by atoms with van der Waals surface area (Å²) in [5, 5.41) is 2.93. The molecule has 2 heterocycles. The van der Waals surface area contributed by atoms with E-state index in [2.05, 4.69) is 21.2 Å². The second kappa shape index (κ2) is 8.37. The van der Waals surface area contributed by atoms with Crippen molar-refractivity contribution >= 4 is 45.0 Å². The topological polar surface area (TPSA) is 69.7 Å². The minimum atomic E-state index is -0.354. The Morgan fingerprint density at radius 3 is 2.28 bits per heavy atom. The molecule has 2 aliphatic heterocycles. The molecule has 0 spiro atoms. The van der Waals surface area contributed by atoms with E-state index in [0.29, 0.717) is 19.5 Å². The van der Waals surface area contributed by atoms with Gasteiger partial charge in [0.15, 0.2) is 0 Å². The summed E-state index contributed by atoms with van der Waals surface area (Å²) in [5.41, 5.74) is 2.66. The van der Waals surface area contributed by atoms with Crippen LogP contribution < -0.4 is 15.1 Å². The zero-order valence-electron chi connectivity index (χ0n) is 15.9. The quantitative estimate of drug-likeness (QED) is 0.751. The predicted octanol–water partition coefficient (Wildman–Crippen LogP) is 3.25. The molecule has 2 saturated heterocycles. The van der Waals surface area contributed by atoms with Gasteiger partial charge in [-0.05, 0) is 48.4 Å². The van der Waals surface area contributed by atoms with Gasteiger partial charge in [-0.2, -0.15) is 0 Å². The Hall–Kier alpha value is -2.67. The molecule has 4 rings (SSSR count). The maximum Gasteiger partial charge on any atom is 0.227 e. The van der Waals surface area contributed by atoms with Crippen molar-refractivity contribution in [3.05, 3.63) is 58.6 Å². The van der Waals surface area contributed by atoms with Crippen molar-refractivity contribution in [2.45, 2.75) is 25.8 Å². The van der Waals surface area contributed by atoms with Crippen LogP contribution in [0.15, 0.2) is 53.0 Å². The standard InChI is InChI=1S/C22H22BrN3O3/c23-17-5-9-19(10-6-17)26-14-16(12-21(26)28)22(29)24-13-15-3-7-18(8-4-15)25-11-1-2-20(25)27/h3-10,16H,1-2,11-14H2,(H,24,29). The smallest absolute Gasteiger partial charge is 0.227 e. The van der Waals surface area contributed by atoms with Crippen molar-refractivity contribution in [3.63, 3.8) is 0 Å². The van der Waals surface area contributed by atoms with Crippen LogP contribution in [-0.2, 0) is 20.9 Å². The number of amides is 3. The van der Waals surface area contributed by atoms with Crippen LogP contribution in [-0.4, -0.2) is 30.8 Å². The Bertz CT molecular complexity index is 927. The van der Waals surface area contributed by atoms with Crippen molar-refractivity contribution in [3.8, 4) is 0 Å². The number of nitrogens with zero attached hydrogens (tertiary/aromatic N) is 2. The second-order valence-corrected chi connectivity index (χ2v) is 8.33. The van der Waals surface area contributed by atoms with Gasteiger partial charge in [0.1, 0.15) is 0 Å². The zero-order chi connectivity index (χ0) is 20.4. The van der Waals surface area contributed by atoms with Crippen LogP contribution >= 0.6 is 15.9 Å². The maximum absolute atomic E-state index is 12.6. The molecule has 29 heavy (non-hydrogen) atoms. The summed E-state index contributed by atoms with van der Waals surface area (Å²) in [6.45, 7) is 1.55. The summed E-state index contributed by atoms with van der Waals surface area (Å²) < 4.78 is 0.947. The van der Waals surface area contributed by atoms with Gasteiger partial charge < -0.3 is 15.1 Å². The molecule has 0 aliphatic carbocycles. The van der Waals surface area contributed by atoms with E-state index in [4.69, 9.17) is 0 Å². The highest BCUT2D eigenvalue weighted by molar-refractivity contribution is 9.10. The van der Waals surface area contributed by atoms with E-state index < -0.39 is 0 Å². The highest BCUT2D eigenvalue weighted by atomic mass is 79.9. The molecule has 1 N–H and O–H groups in total. The summed E-state index contributed by atoms with van der Waals surface area (Å²) >= 11 is 3.39. The van der Waals surface area contributed by atoms with Crippen LogP contribution in [0.2, 0.25) is 0 Å². The van der Waals surface area contributed by atoms with Gasteiger partial charge in [0, 0.05) is 48.3 Å². The average Bonchev–Trinajstić information content (AvgIpc) is 3.33. The number of halogens is 1. The molecule has 1 unspecified atom stereocenters. The zero-order valence-corrected chi connectivity index (χ0v) is 17.5. The molecule has 2 aromatic rings. The summed E-state index contributed by atoms with van der Waals surface area (Å²) in [5.74, 6) is -0.344. The van der Waals surface area contributed by atoms with E-state index in [1.807, 2.05) is 48.5 Å². The SMILES string of the molecule is O=C(NCc1ccc(N2CCCC2=O)cc1)C1CC(=O)N(c2ccc(Br)cc2)C1. The van der Waals surface area contributed by atoms with E-state index in [9.17, 15) is 14.4 Å². The number of benzene rings is 2. The summed E-state index contributed by atoms with van der Waals surface area (Å²) in [4.78, 5) is 40.2. The van der Waals surface area contributed by atoms with Gasteiger partial charge in [-0.1, -0.05) is 28.1 Å². The molecular weight excluding hydrogens is 434 g/mol. The number of carbonyl (C=O) groups excluding carboxylic acids is 3. The van der Waals surface area contributed by atoms with Crippen LogP contribution in [0, 0.1) is 5.92 Å². The Kier molecular flexibility index (Phi) is 5.67. The predicted molar refractivity (Wildman–Crippen MR) is 114 cm³/mol. The first kappa shape index (κ1) is 19.6. The molecule has 0 aromatic heterocycles. The monoisotopic (exact) mass is 455 g/mol. The van der Waals surface area contributed by atoms with E-state index in [0.717, 1.165) is 34.4 Å². The Balaban J connectivity index is 1.32. The normalized spacial score (nSPS) is 19.1. The summed E-state index contributed by atoms with van der Waals surface area (Å²) in [7, 11) is 0. The van der Waals surface area contributed by atoms with Crippen LogP contribution in [0.5, 0.6) is 0 Å². The fraction of sp³-hybridized carbons (Fsp3) is 0.318. The van der Waals surface area contributed by atoms with Crippen molar-refractivity contribution in [1.29, 1.82) is 0 Å². The van der Waals surface area contributed by atoms with Crippen LogP contribution in [0.25, 0.3) is 0 Å². The molecule has 2 fully saturated rings. The van der Waals surface area contributed by atoms with Crippen molar-refractivity contribution in [2.24, 2.45) is 5.92 Å². The highest BCUT2D eigenvalue weighted by Gasteiger charge is 2.35. The van der Waals surface area contributed by atoms with Crippen molar-refractivity contribution in [1.82, 2.24) is 5.32 Å². The lowest BCUT2D eigenvalue weighted by atomic mass is 10.1. The Morgan fingerprint density at radius 2 is 1.62 bits per heavy atom. The van der Waals surface area contributed by atoms with Crippen LogP contribution in [0.1, 0.15) is 24.8 Å². The first-order valence-corrected chi connectivity index (χ1v) is 10.5. The van der Waals surface area contributed by atoms with E-state index in [1.54, 1.807) is 9.80 Å². The van der Waals surface area contributed by atoms with Gasteiger partial charge in [0.25, 0.3) is 0 Å². The molecule has 0 saturated carbocycles. The number of carbonyl (C=O) groups is 3. The Morgan fingerprint density at radius 1 is 0.966 bits per heavy atom. The molecule has 2 aliphatic rings. The number of hydrogen-bond acceptors (Lipinski definition) is 3. The van der Waals surface area contributed by atoms with Gasteiger partial charge in [-0.25, -0.2) is 0 Å². The first-order valence-electron chi connectivity index (χ1n) is 9.74. The molecule has 3 amide bonds. The average molecular weight is 456 g/mol. The molecule has 6 nitrogen and oxygen atoms in total. The fourth-order valence-electron chi connectivity index (χ4n) is 3.80. The second-order valence-electron chi connectivity index (χ2n) is 7.41. The highest BCUT2D eigenvalue weighted by Crippen LogP contribution is 2.27. The number of anilines is 2. The van der Waals surface area contributed by atoms with Gasteiger partial charge in [-0.15, -0.1) is 0 Å². The first-order chi connectivity index (χ1) is 14.0. The third kappa shape index (κ3) is 4.34. The van der Waals surface area contributed by atoms with Crippen molar-refractivity contribution < 1.29 is 14.4 Å². The number of rotatable bonds is 5. The third-order valence-electron chi connectivity index (χ3n) is 5.42. The summed E-state index contributed by atoms with van der Waals surface area (Å²) in [6, 6.07) is 15.2. The van der Waals surface area contributed by atoms with E-state index in [-0.39, 0.29) is 30.1 Å². The third-order valence-corrected chi connectivity index (χ3v) is 5.95. The molecule has 2 aromatic carbocycles. The van der Waals surface area contributed by atoms with Gasteiger partial charge in [0.05, 0.1) is 5.92 Å². The minimum absolute atomic E-state index is 0.0351. The number of nitrogens with one attached hydrogen (secondary N) is 1.